The first-order valence-corrected chi connectivity index (χ1v) is 4.37. The number of hydrogen-bond acceptors (Lipinski definition) is 0. The summed E-state index contributed by atoms with van der Waals surface area (Å²) in [5.41, 5.74) is 1.46. The molecular weight excluding hydrogens is 144 g/mol. The second-order valence-electron chi connectivity index (χ2n) is 3.20. The molecule has 0 spiro atoms. The van der Waals surface area contributed by atoms with Gasteiger partial charge in [0.2, 0.25) is 0 Å². The van der Waals surface area contributed by atoms with E-state index < -0.39 is 0 Å². The van der Waals surface area contributed by atoms with E-state index in [0.717, 1.165) is 5.92 Å². The molecule has 0 aliphatic carbocycles. The quantitative estimate of drug-likeness (QED) is 0.635. The Morgan fingerprint density at radius 1 is 1.17 bits per heavy atom. The van der Waals surface area contributed by atoms with Crippen LogP contribution in [0.1, 0.15) is 33.3 Å². The maximum Gasteiger partial charge on any atom is -0.0253 e. The zero-order valence-corrected chi connectivity index (χ0v) is 7.38. The molecule has 0 fully saturated rings. The van der Waals surface area contributed by atoms with Crippen molar-refractivity contribution in [3.8, 4) is 0 Å². The van der Waals surface area contributed by atoms with Crippen molar-refractivity contribution in [1.82, 2.24) is 0 Å². The molecule has 0 saturated carbocycles. The lowest BCUT2D eigenvalue weighted by Crippen LogP contribution is -1.96. The fraction of sp³-hybridized carbons (Fsp3) is 0.500. The zero-order valence-electron chi connectivity index (χ0n) is 7.38. The highest BCUT2D eigenvalue weighted by Gasteiger charge is 1.98. The van der Waals surface area contributed by atoms with Gasteiger partial charge in [0.25, 0.3) is 0 Å². The molecule has 0 aromatic heterocycles. The maximum absolute atomic E-state index is 2.30. The molecule has 0 amide bonds. The third kappa shape index (κ3) is 3.56. The van der Waals surface area contributed by atoms with Crippen molar-refractivity contribution in [1.29, 1.82) is 0 Å². The minimum atomic E-state index is 0. The Morgan fingerprint density at radius 3 is 2.25 bits per heavy atom. The van der Waals surface area contributed by atoms with E-state index in [1.165, 1.54) is 18.4 Å². The molecular formula is C12H20. The van der Waals surface area contributed by atoms with E-state index in [1.54, 1.807) is 0 Å². The summed E-state index contributed by atoms with van der Waals surface area (Å²) < 4.78 is 0. The molecule has 12 heavy (non-hydrogen) atoms. The number of hydrogen-bond donors (Lipinski definition) is 0. The molecule has 0 N–H and O–H groups in total. The Hall–Kier alpha value is -0.780. The van der Waals surface area contributed by atoms with Crippen molar-refractivity contribution in [2.24, 2.45) is 5.92 Å². The van der Waals surface area contributed by atoms with Crippen LogP contribution in [0.5, 0.6) is 0 Å². The van der Waals surface area contributed by atoms with Crippen LogP contribution in [0.3, 0.4) is 0 Å². The number of rotatable bonds is 3. The Kier molecular flexibility index (Phi) is 5.44. The van der Waals surface area contributed by atoms with Gasteiger partial charge in [0.05, 0.1) is 0 Å². The Bertz CT molecular complexity index is 188. The molecule has 1 aromatic rings. The summed E-state index contributed by atoms with van der Waals surface area (Å²) in [6.45, 7) is 4.54. The fourth-order valence-electron chi connectivity index (χ4n) is 1.16. The fourth-order valence-corrected chi connectivity index (χ4v) is 1.16. The Morgan fingerprint density at radius 2 is 1.75 bits per heavy atom. The lowest BCUT2D eigenvalue weighted by atomic mass is 9.99. The molecule has 0 nitrogen and oxygen atoms in total. The first kappa shape index (κ1) is 11.2. The Balaban J connectivity index is 0.00000121. The van der Waals surface area contributed by atoms with E-state index in [-0.39, 0.29) is 7.43 Å². The van der Waals surface area contributed by atoms with Gasteiger partial charge in [0, 0.05) is 0 Å². The van der Waals surface area contributed by atoms with Crippen molar-refractivity contribution < 1.29 is 0 Å². The molecule has 1 unspecified atom stereocenters. The molecule has 68 valence electrons. The highest BCUT2D eigenvalue weighted by Crippen LogP contribution is 2.10. The van der Waals surface area contributed by atoms with Gasteiger partial charge in [-0.15, -0.1) is 0 Å². The standard InChI is InChI=1S/C11H16.CH4/c1-3-10(2)9-11-7-5-4-6-8-11;/h4-8,10H,3,9H2,1-2H3;1H4. The SMILES string of the molecule is C.CCC(C)Cc1ccccc1. The van der Waals surface area contributed by atoms with Crippen molar-refractivity contribution in [2.75, 3.05) is 0 Å². The van der Waals surface area contributed by atoms with E-state index >= 15 is 0 Å². The highest BCUT2D eigenvalue weighted by molar-refractivity contribution is 5.14. The van der Waals surface area contributed by atoms with Gasteiger partial charge in [-0.05, 0) is 17.9 Å². The largest absolute Gasteiger partial charge is 0.0776 e. The molecule has 0 radical (unpaired) electrons. The third-order valence-electron chi connectivity index (χ3n) is 2.12. The molecule has 1 atom stereocenters. The Labute approximate surface area is 76.6 Å². The smallest absolute Gasteiger partial charge is 0.0253 e. The van der Waals surface area contributed by atoms with Gasteiger partial charge in [0.1, 0.15) is 0 Å². The molecule has 0 heteroatoms. The average molecular weight is 164 g/mol. The third-order valence-corrected chi connectivity index (χ3v) is 2.12. The molecule has 0 heterocycles. The van der Waals surface area contributed by atoms with Crippen LogP contribution in [0.4, 0.5) is 0 Å². The predicted molar refractivity (Wildman–Crippen MR) is 56.3 cm³/mol. The van der Waals surface area contributed by atoms with E-state index in [9.17, 15) is 0 Å². The second kappa shape index (κ2) is 5.82. The van der Waals surface area contributed by atoms with Gasteiger partial charge in [-0.3, -0.25) is 0 Å². The number of benzene rings is 1. The normalized spacial score (nSPS) is 11.8. The van der Waals surface area contributed by atoms with Gasteiger partial charge in [-0.2, -0.15) is 0 Å². The molecule has 1 aromatic carbocycles. The average Bonchev–Trinajstić information content (AvgIpc) is 2.06. The monoisotopic (exact) mass is 164 g/mol. The van der Waals surface area contributed by atoms with Crippen LogP contribution in [0.15, 0.2) is 30.3 Å². The minimum Gasteiger partial charge on any atom is -0.0776 e. The first-order chi connectivity index (χ1) is 5.33. The molecule has 0 aliphatic rings. The summed E-state index contributed by atoms with van der Waals surface area (Å²) in [5, 5.41) is 0. The van der Waals surface area contributed by atoms with Crippen molar-refractivity contribution in [3.05, 3.63) is 35.9 Å². The molecule has 0 aliphatic heterocycles. The maximum atomic E-state index is 2.30. The van der Waals surface area contributed by atoms with Crippen molar-refractivity contribution in [2.45, 2.75) is 34.1 Å². The van der Waals surface area contributed by atoms with Crippen molar-refractivity contribution >= 4 is 0 Å². The molecule has 0 bridgehead atoms. The molecule has 0 saturated heterocycles. The highest BCUT2D eigenvalue weighted by atomic mass is 14.0. The van der Waals surface area contributed by atoms with Gasteiger partial charge in [-0.25, -0.2) is 0 Å². The summed E-state index contributed by atoms with van der Waals surface area (Å²) in [5.74, 6) is 0.817. The topological polar surface area (TPSA) is 0 Å². The van der Waals surface area contributed by atoms with E-state index in [1.807, 2.05) is 0 Å². The summed E-state index contributed by atoms with van der Waals surface area (Å²) in [7, 11) is 0. The van der Waals surface area contributed by atoms with Crippen LogP contribution in [-0.4, -0.2) is 0 Å². The van der Waals surface area contributed by atoms with Gasteiger partial charge >= 0.3 is 0 Å². The van der Waals surface area contributed by atoms with Gasteiger partial charge in [-0.1, -0.05) is 58.0 Å². The minimum absolute atomic E-state index is 0. The summed E-state index contributed by atoms with van der Waals surface area (Å²) in [6.07, 6.45) is 2.49. The summed E-state index contributed by atoms with van der Waals surface area (Å²) in [6, 6.07) is 10.7. The lowest BCUT2D eigenvalue weighted by molar-refractivity contribution is 0.560. The van der Waals surface area contributed by atoms with Crippen LogP contribution < -0.4 is 0 Å². The summed E-state index contributed by atoms with van der Waals surface area (Å²) >= 11 is 0. The zero-order chi connectivity index (χ0) is 8.10. The summed E-state index contributed by atoms with van der Waals surface area (Å²) in [4.78, 5) is 0. The van der Waals surface area contributed by atoms with E-state index in [2.05, 4.69) is 44.2 Å². The van der Waals surface area contributed by atoms with E-state index in [0.29, 0.717) is 0 Å². The first-order valence-electron chi connectivity index (χ1n) is 4.37. The van der Waals surface area contributed by atoms with Crippen molar-refractivity contribution in [3.63, 3.8) is 0 Å². The van der Waals surface area contributed by atoms with Crippen LogP contribution in [0.25, 0.3) is 0 Å². The van der Waals surface area contributed by atoms with Gasteiger partial charge in [0.15, 0.2) is 0 Å². The second-order valence-corrected chi connectivity index (χ2v) is 3.20. The van der Waals surface area contributed by atoms with E-state index in [4.69, 9.17) is 0 Å². The van der Waals surface area contributed by atoms with Crippen LogP contribution in [-0.2, 0) is 6.42 Å². The van der Waals surface area contributed by atoms with Crippen LogP contribution in [0, 0.1) is 5.92 Å². The van der Waals surface area contributed by atoms with Crippen LogP contribution >= 0.6 is 0 Å². The molecule has 1 rings (SSSR count). The predicted octanol–water partition coefficient (Wildman–Crippen LogP) is 3.91. The lowest BCUT2D eigenvalue weighted by Gasteiger charge is -2.06. The van der Waals surface area contributed by atoms with Crippen LogP contribution in [0.2, 0.25) is 0 Å². The van der Waals surface area contributed by atoms with Gasteiger partial charge < -0.3 is 0 Å².